The lowest BCUT2D eigenvalue weighted by atomic mass is 9.98. The number of hydrogen-bond donors (Lipinski definition) is 1. The number of ether oxygens (including phenoxy) is 1. The van der Waals surface area contributed by atoms with Gasteiger partial charge >= 0.3 is 5.97 Å². The number of esters is 1. The number of nitro benzene ring substituents is 1. The first-order chi connectivity index (χ1) is 16.0. The fourth-order valence-corrected chi connectivity index (χ4v) is 4.94. The number of amides is 1. The third-order valence-electron chi connectivity index (χ3n) is 5.36. The van der Waals surface area contributed by atoms with Gasteiger partial charge in [0.2, 0.25) is 10.0 Å². The minimum absolute atomic E-state index is 0.0325. The van der Waals surface area contributed by atoms with Crippen molar-refractivity contribution < 1.29 is 36.4 Å². The van der Waals surface area contributed by atoms with Gasteiger partial charge in [-0.15, -0.1) is 0 Å². The standard InChI is InChI=1S/C21H21F2N3O7S/c1-13-10-15(26(29)30)2-5-19(13)24-20(27)12-33-21(28)14-6-8-25(9-7-14)34(31,32)16-3-4-17(22)18(23)11-16/h2-5,10-11,14H,6-9,12H2,1H3,(H,24,27). The monoisotopic (exact) mass is 497 g/mol. The molecule has 0 saturated carbocycles. The maximum Gasteiger partial charge on any atom is 0.309 e. The highest BCUT2D eigenvalue weighted by molar-refractivity contribution is 7.89. The van der Waals surface area contributed by atoms with Gasteiger partial charge in [0.25, 0.3) is 11.6 Å². The summed E-state index contributed by atoms with van der Waals surface area (Å²) < 4.78 is 57.9. The summed E-state index contributed by atoms with van der Waals surface area (Å²) in [6.07, 6.45) is 0.260. The van der Waals surface area contributed by atoms with Crippen molar-refractivity contribution in [1.82, 2.24) is 4.31 Å². The number of piperidine rings is 1. The molecule has 1 saturated heterocycles. The molecule has 1 fully saturated rings. The molecule has 0 radical (unpaired) electrons. The third kappa shape index (κ3) is 5.72. The molecule has 1 N–H and O–H groups in total. The average molecular weight is 497 g/mol. The smallest absolute Gasteiger partial charge is 0.309 e. The van der Waals surface area contributed by atoms with Gasteiger partial charge in [0, 0.05) is 30.9 Å². The molecule has 1 heterocycles. The van der Waals surface area contributed by atoms with Gasteiger partial charge in [-0.1, -0.05) is 0 Å². The van der Waals surface area contributed by atoms with Crippen LogP contribution in [0.3, 0.4) is 0 Å². The number of aryl methyl sites for hydroxylation is 1. The number of nitrogens with zero attached hydrogens (tertiary/aromatic N) is 2. The normalized spacial score (nSPS) is 15.0. The molecule has 182 valence electrons. The lowest BCUT2D eigenvalue weighted by Crippen LogP contribution is -2.41. The number of rotatable bonds is 7. The van der Waals surface area contributed by atoms with Gasteiger partial charge in [0.15, 0.2) is 18.2 Å². The van der Waals surface area contributed by atoms with Crippen LogP contribution in [0.25, 0.3) is 0 Å². The van der Waals surface area contributed by atoms with E-state index in [1.807, 2.05) is 0 Å². The summed E-state index contributed by atoms with van der Waals surface area (Å²) in [5, 5.41) is 13.3. The molecule has 1 aliphatic rings. The van der Waals surface area contributed by atoms with E-state index < -0.39 is 51.0 Å². The quantitative estimate of drug-likeness (QED) is 0.353. The van der Waals surface area contributed by atoms with E-state index in [2.05, 4.69) is 5.32 Å². The molecule has 0 spiro atoms. The lowest BCUT2D eigenvalue weighted by Gasteiger charge is -2.30. The Morgan fingerprint density at radius 1 is 1.15 bits per heavy atom. The zero-order valence-electron chi connectivity index (χ0n) is 18.0. The van der Waals surface area contributed by atoms with E-state index in [0.717, 1.165) is 16.4 Å². The molecule has 2 aromatic carbocycles. The summed E-state index contributed by atoms with van der Waals surface area (Å²) >= 11 is 0. The number of benzene rings is 2. The Morgan fingerprint density at radius 2 is 1.82 bits per heavy atom. The van der Waals surface area contributed by atoms with Gasteiger partial charge < -0.3 is 10.1 Å². The van der Waals surface area contributed by atoms with Gasteiger partial charge in [-0.3, -0.25) is 19.7 Å². The molecule has 2 aromatic rings. The van der Waals surface area contributed by atoms with Crippen molar-refractivity contribution in [3.63, 3.8) is 0 Å². The summed E-state index contributed by atoms with van der Waals surface area (Å²) in [4.78, 5) is 34.2. The topological polar surface area (TPSA) is 136 Å². The zero-order valence-corrected chi connectivity index (χ0v) is 18.8. The van der Waals surface area contributed by atoms with Crippen molar-refractivity contribution in [2.75, 3.05) is 25.0 Å². The average Bonchev–Trinajstić information content (AvgIpc) is 2.80. The molecule has 0 bridgehead atoms. The molecule has 34 heavy (non-hydrogen) atoms. The highest BCUT2D eigenvalue weighted by atomic mass is 32.2. The number of nitrogens with one attached hydrogen (secondary N) is 1. The molecule has 10 nitrogen and oxygen atoms in total. The van der Waals surface area contributed by atoms with Crippen LogP contribution >= 0.6 is 0 Å². The minimum atomic E-state index is -4.06. The molecule has 3 rings (SSSR count). The van der Waals surface area contributed by atoms with Crippen molar-refractivity contribution >= 4 is 33.3 Å². The Kier molecular flexibility index (Phi) is 7.57. The SMILES string of the molecule is Cc1cc([N+](=O)[O-])ccc1NC(=O)COC(=O)C1CCN(S(=O)(=O)c2ccc(F)c(F)c2)CC1. The number of anilines is 1. The van der Waals surface area contributed by atoms with Crippen molar-refractivity contribution in [1.29, 1.82) is 0 Å². The van der Waals surface area contributed by atoms with Crippen LogP contribution in [0.5, 0.6) is 0 Å². The predicted octanol–water partition coefficient (Wildman–Crippen LogP) is 2.76. The second-order valence-electron chi connectivity index (χ2n) is 7.67. The number of nitro groups is 1. The molecular formula is C21H21F2N3O7S. The van der Waals surface area contributed by atoms with Crippen LogP contribution in [0.4, 0.5) is 20.2 Å². The van der Waals surface area contributed by atoms with Gasteiger partial charge in [-0.25, -0.2) is 17.2 Å². The van der Waals surface area contributed by atoms with Crippen LogP contribution in [0.2, 0.25) is 0 Å². The van der Waals surface area contributed by atoms with E-state index in [-0.39, 0.29) is 36.5 Å². The number of sulfonamides is 1. The highest BCUT2D eigenvalue weighted by Crippen LogP contribution is 2.26. The minimum Gasteiger partial charge on any atom is -0.455 e. The summed E-state index contributed by atoms with van der Waals surface area (Å²) in [6.45, 7) is 0.934. The molecule has 1 amide bonds. The summed E-state index contributed by atoms with van der Waals surface area (Å²) in [7, 11) is -4.06. The van der Waals surface area contributed by atoms with E-state index in [4.69, 9.17) is 4.74 Å². The van der Waals surface area contributed by atoms with Crippen molar-refractivity contribution in [2.45, 2.75) is 24.7 Å². The Hall–Kier alpha value is -3.45. The van der Waals surface area contributed by atoms with Crippen LogP contribution in [0, 0.1) is 34.6 Å². The van der Waals surface area contributed by atoms with Crippen LogP contribution in [0.1, 0.15) is 18.4 Å². The fourth-order valence-electron chi connectivity index (χ4n) is 3.46. The Balaban J connectivity index is 1.50. The first-order valence-electron chi connectivity index (χ1n) is 10.2. The molecule has 0 atom stereocenters. The Morgan fingerprint density at radius 3 is 2.41 bits per heavy atom. The first-order valence-corrected chi connectivity index (χ1v) is 11.6. The van der Waals surface area contributed by atoms with Gasteiger partial charge in [0.05, 0.1) is 15.7 Å². The van der Waals surface area contributed by atoms with E-state index in [1.54, 1.807) is 6.92 Å². The number of non-ortho nitro benzene ring substituents is 1. The Bertz CT molecular complexity index is 1230. The summed E-state index contributed by atoms with van der Waals surface area (Å²) in [5.74, 6) is -4.37. The number of carbonyl (C=O) groups is 2. The zero-order chi connectivity index (χ0) is 25.0. The number of hydrogen-bond acceptors (Lipinski definition) is 7. The molecule has 13 heteroatoms. The third-order valence-corrected chi connectivity index (χ3v) is 7.25. The van der Waals surface area contributed by atoms with E-state index in [0.29, 0.717) is 17.3 Å². The summed E-state index contributed by atoms with van der Waals surface area (Å²) in [6, 6.07) is 6.21. The second-order valence-corrected chi connectivity index (χ2v) is 9.60. The van der Waals surface area contributed by atoms with E-state index in [1.165, 1.54) is 18.2 Å². The van der Waals surface area contributed by atoms with E-state index >= 15 is 0 Å². The predicted molar refractivity (Wildman–Crippen MR) is 115 cm³/mol. The maximum absolute atomic E-state index is 13.4. The van der Waals surface area contributed by atoms with Gasteiger partial charge in [-0.05, 0) is 49.6 Å². The highest BCUT2D eigenvalue weighted by Gasteiger charge is 2.33. The first kappa shape index (κ1) is 25.2. The molecular weight excluding hydrogens is 476 g/mol. The Labute approximate surface area is 193 Å². The van der Waals surface area contributed by atoms with Gasteiger partial charge in [-0.2, -0.15) is 4.31 Å². The maximum atomic E-state index is 13.4. The fraction of sp³-hybridized carbons (Fsp3) is 0.333. The summed E-state index contributed by atoms with van der Waals surface area (Å²) in [5.41, 5.74) is 0.672. The molecule has 0 unspecified atom stereocenters. The number of halogens is 2. The number of carbonyl (C=O) groups excluding carboxylic acids is 2. The molecule has 0 aromatic heterocycles. The van der Waals surface area contributed by atoms with Gasteiger partial charge in [0.1, 0.15) is 0 Å². The largest absolute Gasteiger partial charge is 0.455 e. The van der Waals surface area contributed by atoms with Crippen LogP contribution in [-0.4, -0.2) is 49.2 Å². The van der Waals surface area contributed by atoms with Crippen molar-refractivity contribution in [3.05, 3.63) is 63.7 Å². The molecule has 1 aliphatic heterocycles. The molecule has 0 aliphatic carbocycles. The lowest BCUT2D eigenvalue weighted by molar-refractivity contribution is -0.384. The van der Waals surface area contributed by atoms with Crippen LogP contribution < -0.4 is 5.32 Å². The van der Waals surface area contributed by atoms with Crippen molar-refractivity contribution in [2.24, 2.45) is 5.92 Å². The van der Waals surface area contributed by atoms with Crippen molar-refractivity contribution in [3.8, 4) is 0 Å². The van der Waals surface area contributed by atoms with Crippen LogP contribution in [0.15, 0.2) is 41.3 Å². The second kappa shape index (κ2) is 10.2. The van der Waals surface area contributed by atoms with E-state index in [9.17, 15) is 36.9 Å². The van der Waals surface area contributed by atoms with Crippen LogP contribution in [-0.2, 0) is 24.3 Å².